The summed E-state index contributed by atoms with van der Waals surface area (Å²) >= 11 is 3.40. The van der Waals surface area contributed by atoms with Gasteiger partial charge in [-0.2, -0.15) is 0 Å². The van der Waals surface area contributed by atoms with Gasteiger partial charge in [0, 0.05) is 10.2 Å². The van der Waals surface area contributed by atoms with E-state index in [1.165, 1.54) is 0 Å². The summed E-state index contributed by atoms with van der Waals surface area (Å²) in [4.78, 5) is 16.2. The van der Waals surface area contributed by atoms with Crippen molar-refractivity contribution in [2.75, 3.05) is 5.32 Å². The molecule has 0 aliphatic rings. The van der Waals surface area contributed by atoms with Crippen molar-refractivity contribution in [2.45, 2.75) is 13.0 Å². The summed E-state index contributed by atoms with van der Waals surface area (Å²) in [5.74, 6) is 0.544. The van der Waals surface area contributed by atoms with E-state index in [2.05, 4.69) is 26.2 Å². The van der Waals surface area contributed by atoms with Crippen LogP contribution in [0.2, 0.25) is 0 Å². The molecule has 0 aliphatic heterocycles. The molecular formula is C18H16BrN3O2. The zero-order chi connectivity index (χ0) is 16.9. The number of rotatable bonds is 4. The molecular weight excluding hydrogens is 370 g/mol. The molecule has 1 aromatic heterocycles. The summed E-state index contributed by atoms with van der Waals surface area (Å²) in [5.41, 5.74) is 1.83. The molecule has 0 bridgehead atoms. The molecule has 2 aromatic carbocycles. The Morgan fingerprint density at radius 1 is 1.17 bits per heavy atom. The van der Waals surface area contributed by atoms with Gasteiger partial charge in [-0.05, 0) is 36.8 Å². The molecule has 3 aromatic rings. The highest BCUT2D eigenvalue weighted by molar-refractivity contribution is 9.10. The van der Waals surface area contributed by atoms with Crippen molar-refractivity contribution < 1.29 is 9.53 Å². The molecule has 1 heterocycles. The Hall–Kier alpha value is -2.60. The number of hydrogen-bond acceptors (Lipinski definition) is 3. The first-order chi connectivity index (χ1) is 11.6. The molecule has 1 amide bonds. The summed E-state index contributed by atoms with van der Waals surface area (Å²) in [7, 11) is 0. The van der Waals surface area contributed by atoms with E-state index in [9.17, 15) is 4.79 Å². The Labute approximate surface area is 148 Å². The third-order valence-corrected chi connectivity index (χ3v) is 4.05. The number of benzene rings is 2. The van der Waals surface area contributed by atoms with E-state index in [1.54, 1.807) is 17.1 Å². The average Bonchev–Trinajstić information content (AvgIpc) is 3.04. The second-order valence-electron chi connectivity index (χ2n) is 5.21. The molecule has 0 aliphatic carbocycles. The number of aromatic nitrogens is 2. The molecule has 6 heteroatoms. The van der Waals surface area contributed by atoms with Crippen molar-refractivity contribution in [1.29, 1.82) is 0 Å². The minimum Gasteiger partial charge on any atom is -0.441 e. The maximum absolute atomic E-state index is 12.1. The Bertz CT molecular complexity index is 816. The van der Waals surface area contributed by atoms with Crippen LogP contribution in [0, 0.1) is 0 Å². The zero-order valence-electron chi connectivity index (χ0n) is 13.0. The quantitative estimate of drug-likeness (QED) is 0.691. The number of hydrogen-bond donors (Lipinski definition) is 1. The van der Waals surface area contributed by atoms with Crippen molar-refractivity contribution in [3.63, 3.8) is 0 Å². The Kier molecular flexibility index (Phi) is 4.96. The number of anilines is 1. The van der Waals surface area contributed by atoms with Gasteiger partial charge < -0.3 is 4.74 Å². The van der Waals surface area contributed by atoms with Crippen LogP contribution in [-0.4, -0.2) is 15.6 Å². The van der Waals surface area contributed by atoms with Gasteiger partial charge in [0.05, 0.1) is 6.20 Å². The van der Waals surface area contributed by atoms with Crippen LogP contribution in [0.3, 0.4) is 0 Å². The van der Waals surface area contributed by atoms with Crippen molar-refractivity contribution in [3.8, 4) is 5.69 Å². The maximum atomic E-state index is 12.1. The number of nitrogens with one attached hydrogen (secondary N) is 1. The topological polar surface area (TPSA) is 56.1 Å². The standard InChI is InChI=1S/C18H16BrN3O2/c1-13(14-5-3-2-4-6-14)24-18(23)21-17-11-20-12-22(17)16-9-7-15(19)8-10-16/h2-13H,1H3,(H,21,23)/t13-/m1/s1. The van der Waals surface area contributed by atoms with Crippen LogP contribution in [0.4, 0.5) is 10.6 Å². The molecule has 5 nitrogen and oxygen atoms in total. The average molecular weight is 386 g/mol. The van der Waals surface area contributed by atoms with Gasteiger partial charge in [0.15, 0.2) is 0 Å². The highest BCUT2D eigenvalue weighted by Crippen LogP contribution is 2.20. The van der Waals surface area contributed by atoms with Crippen LogP contribution in [0.25, 0.3) is 5.69 Å². The maximum Gasteiger partial charge on any atom is 0.413 e. The minimum atomic E-state index is -0.523. The predicted molar refractivity (Wildman–Crippen MR) is 96.2 cm³/mol. The number of carbonyl (C=O) groups excluding carboxylic acids is 1. The summed E-state index contributed by atoms with van der Waals surface area (Å²) in [6, 6.07) is 17.3. The number of carbonyl (C=O) groups is 1. The number of ether oxygens (including phenoxy) is 1. The van der Waals surface area contributed by atoms with Crippen LogP contribution in [-0.2, 0) is 4.74 Å². The SMILES string of the molecule is C[C@@H](OC(=O)Nc1cncn1-c1ccc(Br)cc1)c1ccccc1. The van der Waals surface area contributed by atoms with Crippen LogP contribution >= 0.6 is 15.9 Å². The first-order valence-electron chi connectivity index (χ1n) is 7.44. The van der Waals surface area contributed by atoms with E-state index in [-0.39, 0.29) is 6.10 Å². The van der Waals surface area contributed by atoms with E-state index in [4.69, 9.17) is 4.74 Å². The molecule has 0 saturated carbocycles. The number of nitrogens with zero attached hydrogens (tertiary/aromatic N) is 2. The van der Waals surface area contributed by atoms with Gasteiger partial charge in [0.2, 0.25) is 0 Å². The molecule has 1 N–H and O–H groups in total. The van der Waals surface area contributed by atoms with Crippen molar-refractivity contribution in [3.05, 3.63) is 77.2 Å². The second-order valence-corrected chi connectivity index (χ2v) is 6.12. The zero-order valence-corrected chi connectivity index (χ0v) is 14.6. The Balaban J connectivity index is 1.69. The lowest BCUT2D eigenvalue weighted by Crippen LogP contribution is -2.17. The lowest BCUT2D eigenvalue weighted by molar-refractivity contribution is 0.121. The normalized spacial score (nSPS) is 11.8. The Morgan fingerprint density at radius 2 is 1.88 bits per heavy atom. The molecule has 0 saturated heterocycles. The van der Waals surface area contributed by atoms with Crippen LogP contribution in [0.1, 0.15) is 18.6 Å². The van der Waals surface area contributed by atoms with Gasteiger partial charge >= 0.3 is 6.09 Å². The van der Waals surface area contributed by atoms with E-state index in [0.717, 1.165) is 15.7 Å². The number of halogens is 1. The third kappa shape index (κ3) is 3.83. The molecule has 0 spiro atoms. The molecule has 24 heavy (non-hydrogen) atoms. The van der Waals surface area contributed by atoms with Crippen molar-refractivity contribution in [1.82, 2.24) is 9.55 Å². The van der Waals surface area contributed by atoms with Crippen LogP contribution in [0.15, 0.2) is 71.6 Å². The van der Waals surface area contributed by atoms with Gasteiger partial charge in [-0.1, -0.05) is 46.3 Å². The van der Waals surface area contributed by atoms with Gasteiger partial charge in [-0.15, -0.1) is 0 Å². The third-order valence-electron chi connectivity index (χ3n) is 3.53. The molecule has 0 unspecified atom stereocenters. The smallest absolute Gasteiger partial charge is 0.413 e. The van der Waals surface area contributed by atoms with Crippen LogP contribution in [0.5, 0.6) is 0 Å². The summed E-state index contributed by atoms with van der Waals surface area (Å²) in [6.45, 7) is 1.83. The molecule has 0 radical (unpaired) electrons. The largest absolute Gasteiger partial charge is 0.441 e. The van der Waals surface area contributed by atoms with E-state index >= 15 is 0 Å². The minimum absolute atomic E-state index is 0.338. The monoisotopic (exact) mass is 385 g/mol. The molecule has 0 fully saturated rings. The molecule has 3 rings (SSSR count). The lowest BCUT2D eigenvalue weighted by atomic mass is 10.1. The molecule has 122 valence electrons. The number of imidazole rings is 1. The van der Waals surface area contributed by atoms with Gasteiger partial charge in [-0.25, -0.2) is 9.78 Å². The van der Waals surface area contributed by atoms with Crippen molar-refractivity contribution >= 4 is 27.8 Å². The highest BCUT2D eigenvalue weighted by Gasteiger charge is 2.14. The highest BCUT2D eigenvalue weighted by atomic mass is 79.9. The first-order valence-corrected chi connectivity index (χ1v) is 8.23. The fourth-order valence-corrected chi connectivity index (χ4v) is 2.55. The fraction of sp³-hybridized carbons (Fsp3) is 0.111. The second kappa shape index (κ2) is 7.31. The summed E-state index contributed by atoms with van der Waals surface area (Å²) in [5, 5.41) is 2.73. The predicted octanol–water partition coefficient (Wildman–Crippen LogP) is 4.94. The number of amides is 1. The fourth-order valence-electron chi connectivity index (χ4n) is 2.28. The molecule has 1 atom stereocenters. The first kappa shape index (κ1) is 16.3. The lowest BCUT2D eigenvalue weighted by Gasteiger charge is -2.15. The van der Waals surface area contributed by atoms with Crippen LogP contribution < -0.4 is 5.32 Å². The van der Waals surface area contributed by atoms with E-state index in [0.29, 0.717) is 5.82 Å². The summed E-state index contributed by atoms with van der Waals surface area (Å²) in [6.07, 6.45) is 2.36. The van der Waals surface area contributed by atoms with Crippen molar-refractivity contribution in [2.24, 2.45) is 0 Å². The van der Waals surface area contributed by atoms with Gasteiger partial charge in [-0.3, -0.25) is 9.88 Å². The van der Waals surface area contributed by atoms with E-state index in [1.807, 2.05) is 61.5 Å². The summed E-state index contributed by atoms with van der Waals surface area (Å²) < 4.78 is 8.18. The Morgan fingerprint density at radius 3 is 2.58 bits per heavy atom. The van der Waals surface area contributed by atoms with E-state index < -0.39 is 6.09 Å². The van der Waals surface area contributed by atoms with Gasteiger partial charge in [0.25, 0.3) is 0 Å². The van der Waals surface area contributed by atoms with Gasteiger partial charge in [0.1, 0.15) is 18.2 Å².